The smallest absolute Gasteiger partial charge is 0.191 e. The number of hydrogen-bond donors (Lipinski definition) is 2. The van der Waals surface area contributed by atoms with E-state index in [1.807, 2.05) is 27.0 Å². The van der Waals surface area contributed by atoms with Gasteiger partial charge in [-0.15, -0.1) is 0 Å². The third-order valence-electron chi connectivity index (χ3n) is 5.25. The van der Waals surface area contributed by atoms with Crippen molar-refractivity contribution in [2.45, 2.75) is 46.6 Å². The Bertz CT molecular complexity index is 621. The lowest BCUT2D eigenvalue weighted by Crippen LogP contribution is -2.44. The van der Waals surface area contributed by atoms with Gasteiger partial charge in [0.15, 0.2) is 17.5 Å². The predicted octanol–water partition coefficient (Wildman–Crippen LogP) is 3.44. The first kappa shape index (κ1) is 22.3. The Hall–Kier alpha value is -1.95. The second kappa shape index (κ2) is 11.8. The van der Waals surface area contributed by atoms with E-state index in [9.17, 15) is 0 Å². The van der Waals surface area contributed by atoms with Crippen molar-refractivity contribution in [3.8, 4) is 11.5 Å². The molecule has 2 unspecified atom stereocenters. The molecule has 0 saturated carbocycles. The monoisotopic (exact) mass is 390 g/mol. The van der Waals surface area contributed by atoms with E-state index in [2.05, 4.69) is 46.5 Å². The van der Waals surface area contributed by atoms with Gasteiger partial charge in [0.1, 0.15) is 0 Å². The molecule has 1 heterocycles. The van der Waals surface area contributed by atoms with Crippen molar-refractivity contribution in [1.82, 2.24) is 15.5 Å². The molecule has 1 aromatic carbocycles. The topological polar surface area (TPSA) is 58.1 Å². The van der Waals surface area contributed by atoms with Crippen molar-refractivity contribution >= 4 is 5.96 Å². The van der Waals surface area contributed by atoms with Gasteiger partial charge in [0, 0.05) is 20.1 Å². The van der Waals surface area contributed by atoms with Gasteiger partial charge in [-0.3, -0.25) is 4.99 Å². The molecule has 0 radical (unpaired) electrons. The van der Waals surface area contributed by atoms with Gasteiger partial charge in [-0.2, -0.15) is 0 Å². The van der Waals surface area contributed by atoms with Crippen LogP contribution >= 0.6 is 0 Å². The minimum atomic E-state index is 0.111. The quantitative estimate of drug-likeness (QED) is 0.500. The summed E-state index contributed by atoms with van der Waals surface area (Å²) in [7, 11) is 1.82. The molecule has 0 aliphatic carbocycles. The number of guanidine groups is 1. The summed E-state index contributed by atoms with van der Waals surface area (Å²) in [5.74, 6) is 3.10. The molecular formula is C22H38N4O2. The van der Waals surface area contributed by atoms with Crippen molar-refractivity contribution in [3.63, 3.8) is 0 Å². The Morgan fingerprint density at radius 3 is 2.64 bits per heavy atom. The Balaban J connectivity index is 1.94. The first-order chi connectivity index (χ1) is 13.6. The highest BCUT2D eigenvalue weighted by Crippen LogP contribution is 2.30. The second-order valence-corrected chi connectivity index (χ2v) is 7.29. The van der Waals surface area contributed by atoms with E-state index in [0.717, 1.165) is 36.1 Å². The van der Waals surface area contributed by atoms with Crippen LogP contribution in [0.25, 0.3) is 0 Å². The lowest BCUT2D eigenvalue weighted by molar-refractivity contribution is 0.183. The molecule has 6 nitrogen and oxygen atoms in total. The van der Waals surface area contributed by atoms with Crippen LogP contribution in [0.15, 0.2) is 23.2 Å². The first-order valence-electron chi connectivity index (χ1n) is 10.7. The molecule has 1 aliphatic heterocycles. The molecule has 1 aromatic rings. The van der Waals surface area contributed by atoms with Crippen LogP contribution in [0.3, 0.4) is 0 Å². The molecule has 2 rings (SSSR count). The highest BCUT2D eigenvalue weighted by molar-refractivity contribution is 5.80. The Labute approximate surface area is 170 Å². The minimum Gasteiger partial charge on any atom is -0.490 e. The molecule has 28 heavy (non-hydrogen) atoms. The van der Waals surface area contributed by atoms with E-state index in [4.69, 9.17) is 9.47 Å². The van der Waals surface area contributed by atoms with Gasteiger partial charge >= 0.3 is 0 Å². The number of rotatable bonds is 9. The zero-order valence-corrected chi connectivity index (χ0v) is 18.3. The van der Waals surface area contributed by atoms with E-state index in [0.29, 0.717) is 19.1 Å². The Morgan fingerprint density at radius 2 is 1.96 bits per heavy atom. The summed E-state index contributed by atoms with van der Waals surface area (Å²) in [6, 6.07) is 6.23. The van der Waals surface area contributed by atoms with Gasteiger partial charge in [-0.05, 0) is 70.3 Å². The molecule has 1 saturated heterocycles. The molecule has 2 atom stereocenters. The van der Waals surface area contributed by atoms with Crippen LogP contribution in [-0.4, -0.2) is 57.3 Å². The molecule has 0 spiro atoms. The van der Waals surface area contributed by atoms with E-state index in [1.165, 1.54) is 25.9 Å². The Kier molecular flexibility index (Phi) is 9.41. The second-order valence-electron chi connectivity index (χ2n) is 7.29. The fourth-order valence-corrected chi connectivity index (χ4v) is 3.67. The first-order valence-corrected chi connectivity index (χ1v) is 10.7. The molecular weight excluding hydrogens is 352 g/mol. The van der Waals surface area contributed by atoms with E-state index in [1.54, 1.807) is 0 Å². The number of benzene rings is 1. The number of piperidine rings is 1. The molecule has 0 amide bonds. The van der Waals surface area contributed by atoms with Crippen LogP contribution in [0.5, 0.6) is 11.5 Å². The number of hydrogen-bond acceptors (Lipinski definition) is 4. The molecule has 1 aliphatic rings. The number of likely N-dealkylation sites (tertiary alicyclic amines) is 1. The van der Waals surface area contributed by atoms with Gasteiger partial charge < -0.3 is 25.0 Å². The molecule has 2 N–H and O–H groups in total. The summed E-state index contributed by atoms with van der Waals surface area (Å²) in [6.45, 7) is 14.1. The largest absolute Gasteiger partial charge is 0.490 e. The minimum absolute atomic E-state index is 0.111. The van der Waals surface area contributed by atoms with E-state index < -0.39 is 0 Å². The highest BCUT2D eigenvalue weighted by atomic mass is 16.5. The van der Waals surface area contributed by atoms with Gasteiger partial charge in [0.25, 0.3) is 0 Å². The lowest BCUT2D eigenvalue weighted by atomic mass is 9.98. The van der Waals surface area contributed by atoms with E-state index >= 15 is 0 Å². The highest BCUT2D eigenvalue weighted by Gasteiger charge is 2.19. The zero-order chi connectivity index (χ0) is 20.4. The molecule has 158 valence electrons. The number of nitrogens with zero attached hydrogens (tertiary/aromatic N) is 2. The standard InChI is InChI=1S/C22H38N4O2/c1-6-26-13-9-10-18(16-26)15-24-22(23-5)25-17(4)19-11-12-20(27-7-2)21(14-19)28-8-3/h11-12,14,17-18H,6-10,13,15-16H2,1-5H3,(H2,23,24,25). The predicted molar refractivity (Wildman–Crippen MR) is 117 cm³/mol. The maximum Gasteiger partial charge on any atom is 0.191 e. The van der Waals surface area contributed by atoms with Crippen molar-refractivity contribution in [3.05, 3.63) is 23.8 Å². The van der Waals surface area contributed by atoms with Gasteiger partial charge in [0.2, 0.25) is 0 Å². The molecule has 0 aromatic heterocycles. The normalized spacial score (nSPS) is 19.2. The summed E-state index contributed by atoms with van der Waals surface area (Å²) in [6.07, 6.45) is 2.57. The summed E-state index contributed by atoms with van der Waals surface area (Å²) in [5, 5.41) is 7.01. The van der Waals surface area contributed by atoms with Gasteiger partial charge in [-0.1, -0.05) is 13.0 Å². The lowest BCUT2D eigenvalue weighted by Gasteiger charge is -2.32. The van der Waals surface area contributed by atoms with E-state index in [-0.39, 0.29) is 6.04 Å². The van der Waals surface area contributed by atoms with Crippen LogP contribution in [0.2, 0.25) is 0 Å². The Morgan fingerprint density at radius 1 is 1.21 bits per heavy atom. The zero-order valence-electron chi connectivity index (χ0n) is 18.3. The average molecular weight is 391 g/mol. The number of aliphatic imine (C=N–C) groups is 1. The fourth-order valence-electron chi connectivity index (χ4n) is 3.67. The van der Waals surface area contributed by atoms with Crippen molar-refractivity contribution in [2.24, 2.45) is 10.9 Å². The van der Waals surface area contributed by atoms with Crippen molar-refractivity contribution < 1.29 is 9.47 Å². The summed E-state index contributed by atoms with van der Waals surface area (Å²) in [5.41, 5.74) is 1.14. The third-order valence-corrected chi connectivity index (χ3v) is 5.25. The summed E-state index contributed by atoms with van der Waals surface area (Å²) >= 11 is 0. The SMILES string of the molecule is CCOc1ccc(C(C)NC(=NC)NCC2CCCN(CC)C2)cc1OCC. The number of nitrogens with one attached hydrogen (secondary N) is 2. The average Bonchev–Trinajstić information content (AvgIpc) is 2.72. The summed E-state index contributed by atoms with van der Waals surface area (Å²) < 4.78 is 11.4. The van der Waals surface area contributed by atoms with Crippen LogP contribution in [-0.2, 0) is 0 Å². The molecule has 6 heteroatoms. The fraction of sp³-hybridized carbons (Fsp3) is 0.682. The van der Waals surface area contributed by atoms with Crippen LogP contribution in [0.4, 0.5) is 0 Å². The third kappa shape index (κ3) is 6.59. The van der Waals surface area contributed by atoms with Crippen LogP contribution in [0, 0.1) is 5.92 Å². The van der Waals surface area contributed by atoms with Gasteiger partial charge in [0.05, 0.1) is 19.3 Å². The van der Waals surface area contributed by atoms with Crippen LogP contribution < -0.4 is 20.1 Å². The molecule has 1 fully saturated rings. The van der Waals surface area contributed by atoms with Crippen molar-refractivity contribution in [2.75, 3.05) is 46.4 Å². The summed E-state index contributed by atoms with van der Waals surface area (Å²) in [4.78, 5) is 6.94. The maximum absolute atomic E-state index is 5.76. The maximum atomic E-state index is 5.76. The van der Waals surface area contributed by atoms with Crippen LogP contribution in [0.1, 0.15) is 52.1 Å². The number of ether oxygens (including phenoxy) is 2. The van der Waals surface area contributed by atoms with Crippen molar-refractivity contribution in [1.29, 1.82) is 0 Å². The van der Waals surface area contributed by atoms with Gasteiger partial charge in [-0.25, -0.2) is 0 Å². The molecule has 0 bridgehead atoms.